The number of hydrogen-bond acceptors (Lipinski definition) is 2. The summed E-state index contributed by atoms with van der Waals surface area (Å²) in [7, 11) is 1.77. The van der Waals surface area contributed by atoms with Gasteiger partial charge in [-0.1, -0.05) is 30.7 Å². The zero-order valence-corrected chi connectivity index (χ0v) is 12.3. The van der Waals surface area contributed by atoms with E-state index in [0.29, 0.717) is 6.04 Å². The van der Waals surface area contributed by atoms with Gasteiger partial charge in [0.15, 0.2) is 0 Å². The van der Waals surface area contributed by atoms with Crippen LogP contribution in [-0.4, -0.2) is 20.3 Å². The van der Waals surface area contributed by atoms with E-state index in [9.17, 15) is 0 Å². The van der Waals surface area contributed by atoms with E-state index in [4.69, 9.17) is 4.74 Å². The summed E-state index contributed by atoms with van der Waals surface area (Å²) < 4.78 is 5.16. The van der Waals surface area contributed by atoms with Gasteiger partial charge in [-0.25, -0.2) is 0 Å². The number of ether oxygens (including phenoxy) is 1. The van der Waals surface area contributed by atoms with Crippen molar-refractivity contribution in [2.75, 3.05) is 20.3 Å². The molecule has 0 aliphatic heterocycles. The van der Waals surface area contributed by atoms with E-state index in [0.717, 1.165) is 26.0 Å². The Kier molecular flexibility index (Phi) is 6.99. The van der Waals surface area contributed by atoms with Crippen LogP contribution in [0.5, 0.6) is 0 Å². The Morgan fingerprint density at radius 2 is 2.06 bits per heavy atom. The molecule has 2 nitrogen and oxygen atoms in total. The van der Waals surface area contributed by atoms with Crippen molar-refractivity contribution < 1.29 is 4.74 Å². The van der Waals surface area contributed by atoms with E-state index in [1.165, 1.54) is 23.1 Å². The topological polar surface area (TPSA) is 21.3 Å². The van der Waals surface area contributed by atoms with Crippen LogP contribution < -0.4 is 5.32 Å². The van der Waals surface area contributed by atoms with Crippen LogP contribution in [-0.2, 0) is 4.74 Å². The third kappa shape index (κ3) is 4.79. The van der Waals surface area contributed by atoms with Gasteiger partial charge in [0.05, 0.1) is 0 Å². The van der Waals surface area contributed by atoms with Crippen molar-refractivity contribution in [3.8, 4) is 0 Å². The smallest absolute Gasteiger partial charge is 0.0462 e. The number of aryl methyl sites for hydroxylation is 2. The summed E-state index contributed by atoms with van der Waals surface area (Å²) in [6, 6.07) is 7.18. The number of hydrogen-bond donors (Lipinski definition) is 1. The van der Waals surface area contributed by atoms with Crippen LogP contribution in [0.4, 0.5) is 0 Å². The lowest BCUT2D eigenvalue weighted by Crippen LogP contribution is -2.23. The van der Waals surface area contributed by atoms with E-state index in [1.54, 1.807) is 7.11 Å². The highest BCUT2D eigenvalue weighted by molar-refractivity contribution is 5.33. The van der Waals surface area contributed by atoms with Crippen molar-refractivity contribution in [1.82, 2.24) is 5.32 Å². The molecule has 18 heavy (non-hydrogen) atoms. The summed E-state index contributed by atoms with van der Waals surface area (Å²) in [4.78, 5) is 0. The molecule has 0 amide bonds. The van der Waals surface area contributed by atoms with Crippen LogP contribution in [0.1, 0.15) is 48.9 Å². The normalized spacial score (nSPS) is 12.7. The third-order valence-electron chi connectivity index (χ3n) is 3.29. The van der Waals surface area contributed by atoms with Gasteiger partial charge in [-0.2, -0.15) is 0 Å². The van der Waals surface area contributed by atoms with Crippen molar-refractivity contribution in [2.24, 2.45) is 0 Å². The molecule has 0 radical (unpaired) electrons. The first-order valence-electron chi connectivity index (χ1n) is 6.98. The molecule has 0 aromatic heterocycles. The van der Waals surface area contributed by atoms with Crippen LogP contribution in [0.25, 0.3) is 0 Å². The molecule has 1 N–H and O–H groups in total. The Hall–Kier alpha value is -0.860. The fourth-order valence-electron chi connectivity index (χ4n) is 2.25. The van der Waals surface area contributed by atoms with Crippen LogP contribution in [0.3, 0.4) is 0 Å². The van der Waals surface area contributed by atoms with Gasteiger partial charge in [-0.05, 0) is 50.8 Å². The lowest BCUT2D eigenvalue weighted by atomic mass is 9.95. The van der Waals surface area contributed by atoms with Crippen molar-refractivity contribution in [1.29, 1.82) is 0 Å². The quantitative estimate of drug-likeness (QED) is 0.708. The molecule has 0 fully saturated rings. The maximum atomic E-state index is 5.16. The zero-order chi connectivity index (χ0) is 13.4. The van der Waals surface area contributed by atoms with Crippen molar-refractivity contribution in [3.05, 3.63) is 34.9 Å². The molecule has 0 spiro atoms. The SMILES string of the molecule is CCCNC(CCCOC)c1cc(C)ccc1C. The minimum Gasteiger partial charge on any atom is -0.385 e. The fourth-order valence-corrected chi connectivity index (χ4v) is 2.25. The van der Waals surface area contributed by atoms with Crippen LogP contribution in [0, 0.1) is 13.8 Å². The van der Waals surface area contributed by atoms with Gasteiger partial charge in [-0.3, -0.25) is 0 Å². The average Bonchev–Trinajstić information content (AvgIpc) is 2.37. The average molecular weight is 249 g/mol. The van der Waals surface area contributed by atoms with Gasteiger partial charge in [0.25, 0.3) is 0 Å². The molecular weight excluding hydrogens is 222 g/mol. The largest absolute Gasteiger partial charge is 0.385 e. The number of nitrogens with one attached hydrogen (secondary N) is 1. The summed E-state index contributed by atoms with van der Waals surface area (Å²) in [5.74, 6) is 0. The summed E-state index contributed by atoms with van der Waals surface area (Å²) in [5, 5.41) is 3.66. The summed E-state index contributed by atoms with van der Waals surface area (Å²) in [6.45, 7) is 8.49. The predicted molar refractivity (Wildman–Crippen MR) is 78.1 cm³/mol. The third-order valence-corrected chi connectivity index (χ3v) is 3.29. The van der Waals surface area contributed by atoms with Crippen molar-refractivity contribution in [2.45, 2.75) is 46.1 Å². The Morgan fingerprint density at radius 1 is 1.28 bits per heavy atom. The molecule has 0 aliphatic carbocycles. The highest BCUT2D eigenvalue weighted by Crippen LogP contribution is 2.23. The molecule has 1 rings (SSSR count). The molecule has 1 aromatic rings. The van der Waals surface area contributed by atoms with Gasteiger partial charge in [0.1, 0.15) is 0 Å². The highest BCUT2D eigenvalue weighted by atomic mass is 16.5. The number of benzene rings is 1. The standard InChI is InChI=1S/C16H27NO/c1-5-10-17-16(7-6-11-18-4)15-12-13(2)8-9-14(15)3/h8-9,12,16-17H,5-7,10-11H2,1-4H3. The van der Waals surface area contributed by atoms with Crippen molar-refractivity contribution in [3.63, 3.8) is 0 Å². The van der Waals surface area contributed by atoms with E-state index >= 15 is 0 Å². The molecule has 2 heteroatoms. The maximum absolute atomic E-state index is 5.16. The van der Waals surface area contributed by atoms with Crippen LogP contribution >= 0.6 is 0 Å². The van der Waals surface area contributed by atoms with Crippen LogP contribution in [0.15, 0.2) is 18.2 Å². The molecule has 0 saturated heterocycles. The predicted octanol–water partition coefficient (Wildman–Crippen LogP) is 3.77. The molecule has 0 aliphatic rings. The van der Waals surface area contributed by atoms with E-state index in [2.05, 4.69) is 44.3 Å². The first kappa shape index (κ1) is 15.2. The highest BCUT2D eigenvalue weighted by Gasteiger charge is 2.12. The molecule has 1 aromatic carbocycles. The molecule has 0 heterocycles. The first-order valence-corrected chi connectivity index (χ1v) is 6.98. The van der Waals surface area contributed by atoms with Gasteiger partial charge in [0.2, 0.25) is 0 Å². The second-order valence-corrected chi connectivity index (χ2v) is 5.00. The molecule has 1 unspecified atom stereocenters. The second kappa shape index (κ2) is 8.28. The first-order chi connectivity index (χ1) is 8.69. The summed E-state index contributed by atoms with van der Waals surface area (Å²) >= 11 is 0. The minimum absolute atomic E-state index is 0.458. The van der Waals surface area contributed by atoms with Crippen LogP contribution in [0.2, 0.25) is 0 Å². The molecule has 102 valence electrons. The molecule has 0 bridgehead atoms. The molecule has 1 atom stereocenters. The Labute approximate surface area is 112 Å². The number of methoxy groups -OCH3 is 1. The zero-order valence-electron chi connectivity index (χ0n) is 12.3. The van der Waals surface area contributed by atoms with Gasteiger partial charge in [0, 0.05) is 19.8 Å². The Bertz CT molecular complexity index is 349. The second-order valence-electron chi connectivity index (χ2n) is 5.00. The molecular formula is C16H27NO. The minimum atomic E-state index is 0.458. The maximum Gasteiger partial charge on any atom is 0.0462 e. The Balaban J connectivity index is 2.75. The van der Waals surface area contributed by atoms with E-state index < -0.39 is 0 Å². The number of rotatable bonds is 8. The van der Waals surface area contributed by atoms with Gasteiger partial charge in [-0.15, -0.1) is 0 Å². The lowest BCUT2D eigenvalue weighted by Gasteiger charge is -2.21. The Morgan fingerprint density at radius 3 is 2.72 bits per heavy atom. The van der Waals surface area contributed by atoms with Crippen molar-refractivity contribution >= 4 is 0 Å². The van der Waals surface area contributed by atoms with Gasteiger partial charge >= 0.3 is 0 Å². The van der Waals surface area contributed by atoms with E-state index in [1.807, 2.05) is 0 Å². The summed E-state index contributed by atoms with van der Waals surface area (Å²) in [5.41, 5.74) is 4.16. The lowest BCUT2D eigenvalue weighted by molar-refractivity contribution is 0.188. The van der Waals surface area contributed by atoms with Gasteiger partial charge < -0.3 is 10.1 Å². The molecule has 0 saturated carbocycles. The summed E-state index contributed by atoms with van der Waals surface area (Å²) in [6.07, 6.45) is 3.41. The monoisotopic (exact) mass is 249 g/mol. The fraction of sp³-hybridized carbons (Fsp3) is 0.625. The van der Waals surface area contributed by atoms with E-state index in [-0.39, 0.29) is 0 Å².